The fourth-order valence-corrected chi connectivity index (χ4v) is 2.90. The maximum Gasteiger partial charge on any atom is 0.0964 e. The molecule has 0 aliphatic heterocycles. The Kier molecular flexibility index (Phi) is 2.62. The third-order valence-corrected chi connectivity index (χ3v) is 4.04. The zero-order chi connectivity index (χ0) is 10.2. The van der Waals surface area contributed by atoms with Gasteiger partial charge in [0, 0.05) is 23.5 Å². The molecule has 0 bridgehead atoms. The molecule has 0 radical (unpaired) electrons. The van der Waals surface area contributed by atoms with Gasteiger partial charge in [-0.3, -0.25) is 0 Å². The van der Waals surface area contributed by atoms with E-state index in [0.717, 1.165) is 19.0 Å². The molecule has 78 valence electrons. The number of nitrogens with zero attached hydrogens (tertiary/aromatic N) is 1. The maximum atomic E-state index is 4.51. The monoisotopic (exact) mass is 210 g/mol. The normalized spacial score (nSPS) is 23.8. The molecule has 0 aromatic carbocycles. The van der Waals surface area contributed by atoms with E-state index in [4.69, 9.17) is 0 Å². The summed E-state index contributed by atoms with van der Waals surface area (Å²) in [6.45, 7) is 8.78. The van der Waals surface area contributed by atoms with Gasteiger partial charge in [-0.25, -0.2) is 4.98 Å². The Balaban J connectivity index is 1.97. The van der Waals surface area contributed by atoms with Gasteiger partial charge in [-0.2, -0.15) is 0 Å². The minimum absolute atomic E-state index is 0.507. The third-order valence-electron chi connectivity index (χ3n) is 2.93. The highest BCUT2D eigenvalue weighted by Crippen LogP contribution is 2.59. The van der Waals surface area contributed by atoms with E-state index in [1.165, 1.54) is 16.3 Å². The molecule has 0 spiro atoms. The van der Waals surface area contributed by atoms with Crippen molar-refractivity contribution in [3.05, 3.63) is 16.1 Å². The van der Waals surface area contributed by atoms with E-state index in [1.807, 2.05) is 17.5 Å². The molecule has 1 heterocycles. The van der Waals surface area contributed by atoms with Crippen LogP contribution in [0.15, 0.2) is 6.20 Å². The van der Waals surface area contributed by atoms with E-state index >= 15 is 0 Å². The van der Waals surface area contributed by atoms with Crippen LogP contribution in [0, 0.1) is 5.41 Å². The molecule has 1 fully saturated rings. The molecular weight excluding hydrogens is 192 g/mol. The van der Waals surface area contributed by atoms with Crippen LogP contribution in [0.2, 0.25) is 0 Å². The SMILES string of the molecule is CCNCc1cnc(C2CC2(C)C)s1. The van der Waals surface area contributed by atoms with E-state index in [1.54, 1.807) is 0 Å². The fourth-order valence-electron chi connectivity index (χ4n) is 1.70. The first-order chi connectivity index (χ1) is 6.63. The zero-order valence-corrected chi connectivity index (χ0v) is 9.95. The first-order valence-electron chi connectivity index (χ1n) is 5.29. The van der Waals surface area contributed by atoms with Crippen LogP contribution < -0.4 is 5.32 Å². The number of hydrogen-bond acceptors (Lipinski definition) is 3. The third kappa shape index (κ3) is 1.98. The zero-order valence-electron chi connectivity index (χ0n) is 9.13. The molecular formula is C11H18N2S. The van der Waals surface area contributed by atoms with E-state index in [0.29, 0.717) is 5.41 Å². The average Bonchev–Trinajstić information content (AvgIpc) is 2.63. The van der Waals surface area contributed by atoms with E-state index in [-0.39, 0.29) is 0 Å². The summed E-state index contributed by atoms with van der Waals surface area (Å²) in [5.74, 6) is 0.725. The Morgan fingerprint density at radius 3 is 2.93 bits per heavy atom. The van der Waals surface area contributed by atoms with Crippen LogP contribution in [0.25, 0.3) is 0 Å². The lowest BCUT2D eigenvalue weighted by atomic mass is 10.1. The van der Waals surface area contributed by atoms with Gasteiger partial charge >= 0.3 is 0 Å². The summed E-state index contributed by atoms with van der Waals surface area (Å²) in [6, 6.07) is 0. The van der Waals surface area contributed by atoms with Crippen molar-refractivity contribution >= 4 is 11.3 Å². The molecule has 1 aliphatic carbocycles. The number of hydrogen-bond donors (Lipinski definition) is 1. The topological polar surface area (TPSA) is 24.9 Å². The summed E-state index contributed by atoms with van der Waals surface area (Å²) >= 11 is 1.87. The minimum Gasteiger partial charge on any atom is -0.312 e. The second kappa shape index (κ2) is 3.63. The van der Waals surface area contributed by atoms with Crippen LogP contribution in [0.4, 0.5) is 0 Å². The molecule has 0 saturated heterocycles. The highest BCUT2D eigenvalue weighted by Gasteiger charge is 2.48. The smallest absolute Gasteiger partial charge is 0.0964 e. The Bertz CT molecular complexity index is 317. The Morgan fingerprint density at radius 2 is 2.36 bits per heavy atom. The summed E-state index contributed by atoms with van der Waals surface area (Å²) in [5, 5.41) is 4.66. The average molecular weight is 210 g/mol. The number of nitrogens with one attached hydrogen (secondary N) is 1. The molecule has 3 heteroatoms. The predicted molar refractivity (Wildman–Crippen MR) is 60.6 cm³/mol. The molecule has 1 saturated carbocycles. The van der Waals surface area contributed by atoms with Crippen LogP contribution in [0.5, 0.6) is 0 Å². The Hall–Kier alpha value is -0.410. The largest absolute Gasteiger partial charge is 0.312 e. The van der Waals surface area contributed by atoms with Gasteiger partial charge in [0.05, 0.1) is 5.01 Å². The maximum absolute atomic E-state index is 4.51. The van der Waals surface area contributed by atoms with E-state index in [9.17, 15) is 0 Å². The van der Waals surface area contributed by atoms with Gasteiger partial charge in [0.25, 0.3) is 0 Å². The van der Waals surface area contributed by atoms with Gasteiger partial charge in [-0.05, 0) is 18.4 Å². The van der Waals surface area contributed by atoms with Gasteiger partial charge in [-0.15, -0.1) is 11.3 Å². The molecule has 1 unspecified atom stereocenters. The minimum atomic E-state index is 0.507. The van der Waals surface area contributed by atoms with Crippen LogP contribution in [0.3, 0.4) is 0 Å². The highest BCUT2D eigenvalue weighted by atomic mass is 32.1. The van der Waals surface area contributed by atoms with Crippen LogP contribution >= 0.6 is 11.3 Å². The van der Waals surface area contributed by atoms with Crippen molar-refractivity contribution in [1.82, 2.24) is 10.3 Å². The second-order valence-corrected chi connectivity index (χ2v) is 5.84. The quantitative estimate of drug-likeness (QED) is 0.826. The van der Waals surface area contributed by atoms with Crippen LogP contribution in [-0.2, 0) is 6.54 Å². The first kappa shape index (κ1) is 10.1. The highest BCUT2D eigenvalue weighted by molar-refractivity contribution is 7.11. The second-order valence-electron chi connectivity index (χ2n) is 4.69. The van der Waals surface area contributed by atoms with Crippen molar-refractivity contribution < 1.29 is 0 Å². The first-order valence-corrected chi connectivity index (χ1v) is 6.10. The molecule has 1 aliphatic rings. The Morgan fingerprint density at radius 1 is 1.64 bits per heavy atom. The van der Waals surface area contributed by atoms with Crippen molar-refractivity contribution in [2.45, 2.75) is 39.7 Å². The summed E-state index contributed by atoms with van der Waals surface area (Å²) < 4.78 is 0. The molecule has 2 rings (SSSR count). The Labute approximate surface area is 89.8 Å². The van der Waals surface area contributed by atoms with E-state index < -0.39 is 0 Å². The van der Waals surface area contributed by atoms with Crippen LogP contribution in [0.1, 0.15) is 43.0 Å². The number of rotatable bonds is 4. The molecule has 2 nitrogen and oxygen atoms in total. The summed E-state index contributed by atoms with van der Waals surface area (Å²) in [4.78, 5) is 5.87. The number of aromatic nitrogens is 1. The van der Waals surface area contributed by atoms with Gasteiger partial charge in [0.2, 0.25) is 0 Å². The van der Waals surface area contributed by atoms with Crippen molar-refractivity contribution in [2.24, 2.45) is 5.41 Å². The molecule has 1 N–H and O–H groups in total. The van der Waals surface area contributed by atoms with Crippen molar-refractivity contribution in [3.63, 3.8) is 0 Å². The van der Waals surface area contributed by atoms with Gasteiger partial charge in [0.15, 0.2) is 0 Å². The van der Waals surface area contributed by atoms with E-state index in [2.05, 4.69) is 31.1 Å². The molecule has 14 heavy (non-hydrogen) atoms. The predicted octanol–water partition coefficient (Wildman–Crippen LogP) is 2.77. The standard InChI is InChI=1S/C11H18N2S/c1-4-12-6-8-7-13-10(14-8)9-5-11(9,2)3/h7,9,12H,4-6H2,1-3H3. The van der Waals surface area contributed by atoms with Gasteiger partial charge < -0.3 is 5.32 Å². The van der Waals surface area contributed by atoms with Crippen molar-refractivity contribution in [1.29, 1.82) is 0 Å². The van der Waals surface area contributed by atoms with Crippen molar-refractivity contribution in [3.8, 4) is 0 Å². The van der Waals surface area contributed by atoms with Crippen molar-refractivity contribution in [2.75, 3.05) is 6.54 Å². The molecule has 1 aromatic rings. The summed E-state index contributed by atoms with van der Waals surface area (Å²) in [7, 11) is 0. The summed E-state index contributed by atoms with van der Waals surface area (Å²) in [6.07, 6.45) is 3.33. The fraction of sp³-hybridized carbons (Fsp3) is 0.727. The summed E-state index contributed by atoms with van der Waals surface area (Å²) in [5.41, 5.74) is 0.507. The lowest BCUT2D eigenvalue weighted by molar-refractivity contribution is 0.620. The van der Waals surface area contributed by atoms with Crippen LogP contribution in [-0.4, -0.2) is 11.5 Å². The lowest BCUT2D eigenvalue weighted by Gasteiger charge is -1.98. The molecule has 1 aromatic heterocycles. The van der Waals surface area contributed by atoms with Gasteiger partial charge in [0.1, 0.15) is 0 Å². The molecule has 1 atom stereocenters. The molecule has 0 amide bonds. The number of thiazole rings is 1. The van der Waals surface area contributed by atoms with Gasteiger partial charge in [-0.1, -0.05) is 20.8 Å². The lowest BCUT2D eigenvalue weighted by Crippen LogP contribution is -2.10.